The minimum absolute atomic E-state index is 0.151. The smallest absolute Gasteiger partial charge is 0.123 e. The van der Waals surface area contributed by atoms with Gasteiger partial charge in [0, 0.05) is 6.54 Å². The Morgan fingerprint density at radius 1 is 0.895 bits per heavy atom. The maximum atomic E-state index is 13.0. The molecule has 0 fully saturated rings. The van der Waals surface area contributed by atoms with Gasteiger partial charge in [-0.25, -0.2) is 4.39 Å². The van der Waals surface area contributed by atoms with E-state index in [4.69, 9.17) is 0 Å². The quantitative estimate of drug-likeness (QED) is 0.725. The lowest BCUT2D eigenvalue weighted by Crippen LogP contribution is -2.25. The van der Waals surface area contributed by atoms with Gasteiger partial charge in [-0.15, -0.1) is 0 Å². The van der Waals surface area contributed by atoms with Crippen molar-refractivity contribution in [3.8, 4) is 0 Å². The maximum Gasteiger partial charge on any atom is 0.123 e. The van der Waals surface area contributed by atoms with Crippen molar-refractivity contribution in [1.82, 2.24) is 5.32 Å². The predicted octanol–water partition coefficient (Wildman–Crippen LogP) is 4.59. The summed E-state index contributed by atoms with van der Waals surface area (Å²) in [5, 5.41) is 3.53. The standard InChI is InChI=1S/C17H28FN/c1-13(2)5-6-16(12-19-11-14(3)4)15-7-9-17(18)10-8-15/h7-10,13-14,16,19H,5-6,11-12H2,1-4H3. The van der Waals surface area contributed by atoms with Crippen LogP contribution in [0.1, 0.15) is 52.0 Å². The zero-order valence-corrected chi connectivity index (χ0v) is 12.7. The van der Waals surface area contributed by atoms with Crippen LogP contribution in [0.3, 0.4) is 0 Å². The van der Waals surface area contributed by atoms with E-state index in [0.717, 1.165) is 19.5 Å². The van der Waals surface area contributed by atoms with Gasteiger partial charge in [0.25, 0.3) is 0 Å². The molecule has 108 valence electrons. The Morgan fingerprint density at radius 2 is 1.53 bits per heavy atom. The van der Waals surface area contributed by atoms with E-state index in [1.807, 2.05) is 12.1 Å². The molecule has 1 unspecified atom stereocenters. The highest BCUT2D eigenvalue weighted by molar-refractivity contribution is 5.20. The maximum absolute atomic E-state index is 13.0. The molecule has 0 amide bonds. The van der Waals surface area contributed by atoms with Crippen LogP contribution in [0.2, 0.25) is 0 Å². The van der Waals surface area contributed by atoms with Crippen molar-refractivity contribution in [1.29, 1.82) is 0 Å². The van der Waals surface area contributed by atoms with Crippen LogP contribution in [0, 0.1) is 17.7 Å². The van der Waals surface area contributed by atoms with E-state index in [-0.39, 0.29) is 5.82 Å². The molecule has 0 saturated carbocycles. The fourth-order valence-corrected chi connectivity index (χ4v) is 2.20. The van der Waals surface area contributed by atoms with Crippen LogP contribution < -0.4 is 5.32 Å². The second-order valence-electron chi connectivity index (χ2n) is 6.27. The molecule has 0 saturated heterocycles. The average molecular weight is 265 g/mol. The normalized spacial score (nSPS) is 13.2. The minimum Gasteiger partial charge on any atom is -0.316 e. The van der Waals surface area contributed by atoms with Crippen molar-refractivity contribution in [2.24, 2.45) is 11.8 Å². The monoisotopic (exact) mass is 265 g/mol. The third-order valence-electron chi connectivity index (χ3n) is 3.38. The van der Waals surface area contributed by atoms with E-state index in [0.29, 0.717) is 17.8 Å². The highest BCUT2D eigenvalue weighted by Gasteiger charge is 2.12. The van der Waals surface area contributed by atoms with Crippen LogP contribution in [-0.2, 0) is 0 Å². The molecule has 1 aromatic rings. The molecule has 1 atom stereocenters. The van der Waals surface area contributed by atoms with Crippen molar-refractivity contribution in [2.45, 2.75) is 46.5 Å². The first-order valence-electron chi connectivity index (χ1n) is 7.45. The highest BCUT2D eigenvalue weighted by atomic mass is 19.1. The van der Waals surface area contributed by atoms with Gasteiger partial charge in [-0.2, -0.15) is 0 Å². The van der Waals surface area contributed by atoms with Crippen LogP contribution in [0.25, 0.3) is 0 Å². The third kappa shape index (κ3) is 6.72. The van der Waals surface area contributed by atoms with E-state index in [2.05, 4.69) is 33.0 Å². The molecule has 2 heteroatoms. The molecule has 19 heavy (non-hydrogen) atoms. The number of benzene rings is 1. The number of nitrogens with one attached hydrogen (secondary N) is 1. The minimum atomic E-state index is -0.151. The first kappa shape index (κ1) is 16.2. The Hall–Kier alpha value is -0.890. The van der Waals surface area contributed by atoms with Gasteiger partial charge < -0.3 is 5.32 Å². The Balaban J connectivity index is 2.59. The van der Waals surface area contributed by atoms with E-state index in [1.54, 1.807) is 12.1 Å². The summed E-state index contributed by atoms with van der Waals surface area (Å²) in [5.41, 5.74) is 1.25. The molecule has 1 N–H and O–H groups in total. The lowest BCUT2D eigenvalue weighted by molar-refractivity contribution is 0.458. The lowest BCUT2D eigenvalue weighted by atomic mass is 9.91. The van der Waals surface area contributed by atoms with Gasteiger partial charge in [0.05, 0.1) is 0 Å². The zero-order chi connectivity index (χ0) is 14.3. The second kappa shape index (κ2) is 8.31. The van der Waals surface area contributed by atoms with Gasteiger partial charge in [-0.3, -0.25) is 0 Å². The molecule has 0 aliphatic carbocycles. The Bertz CT molecular complexity index is 343. The molecule has 0 bridgehead atoms. The largest absolute Gasteiger partial charge is 0.316 e. The summed E-state index contributed by atoms with van der Waals surface area (Å²) in [7, 11) is 0. The van der Waals surface area contributed by atoms with Crippen molar-refractivity contribution < 1.29 is 4.39 Å². The molecule has 1 nitrogen and oxygen atoms in total. The molecule has 1 aromatic carbocycles. The van der Waals surface area contributed by atoms with E-state index in [1.165, 1.54) is 12.0 Å². The van der Waals surface area contributed by atoms with Crippen molar-refractivity contribution >= 4 is 0 Å². The summed E-state index contributed by atoms with van der Waals surface area (Å²) in [4.78, 5) is 0. The fourth-order valence-electron chi connectivity index (χ4n) is 2.20. The van der Waals surface area contributed by atoms with Crippen LogP contribution in [0.4, 0.5) is 4.39 Å². The summed E-state index contributed by atoms with van der Waals surface area (Å²) < 4.78 is 13.0. The van der Waals surface area contributed by atoms with Crippen LogP contribution >= 0.6 is 0 Å². The van der Waals surface area contributed by atoms with Crippen LogP contribution in [0.5, 0.6) is 0 Å². The molecule has 0 aromatic heterocycles. The highest BCUT2D eigenvalue weighted by Crippen LogP contribution is 2.23. The van der Waals surface area contributed by atoms with Gasteiger partial charge in [-0.1, -0.05) is 46.2 Å². The van der Waals surface area contributed by atoms with Crippen molar-refractivity contribution in [3.63, 3.8) is 0 Å². The topological polar surface area (TPSA) is 12.0 Å². The summed E-state index contributed by atoms with van der Waals surface area (Å²) in [5.74, 6) is 1.72. The van der Waals surface area contributed by atoms with Gasteiger partial charge in [0.15, 0.2) is 0 Å². The third-order valence-corrected chi connectivity index (χ3v) is 3.38. The van der Waals surface area contributed by atoms with E-state index >= 15 is 0 Å². The summed E-state index contributed by atoms with van der Waals surface area (Å²) in [6.07, 6.45) is 2.37. The first-order chi connectivity index (χ1) is 8.99. The SMILES string of the molecule is CC(C)CCC(CNCC(C)C)c1ccc(F)cc1. The number of rotatable bonds is 8. The lowest BCUT2D eigenvalue weighted by Gasteiger charge is -2.20. The molecule has 1 rings (SSSR count). The average Bonchev–Trinajstić information content (AvgIpc) is 2.34. The molecule has 0 aliphatic heterocycles. The Kier molecular flexibility index (Phi) is 7.07. The van der Waals surface area contributed by atoms with Crippen molar-refractivity contribution in [3.05, 3.63) is 35.6 Å². The zero-order valence-electron chi connectivity index (χ0n) is 12.7. The fraction of sp³-hybridized carbons (Fsp3) is 0.647. The van der Waals surface area contributed by atoms with Crippen LogP contribution in [-0.4, -0.2) is 13.1 Å². The summed E-state index contributed by atoms with van der Waals surface area (Å²) in [6, 6.07) is 7.00. The van der Waals surface area contributed by atoms with Gasteiger partial charge >= 0.3 is 0 Å². The summed E-state index contributed by atoms with van der Waals surface area (Å²) in [6.45, 7) is 11.0. The molecule has 0 aliphatic rings. The Morgan fingerprint density at radius 3 is 2.05 bits per heavy atom. The molecule has 0 radical (unpaired) electrons. The number of halogens is 1. The molecule has 0 heterocycles. The first-order valence-corrected chi connectivity index (χ1v) is 7.45. The molecular formula is C17H28FN. The number of hydrogen-bond acceptors (Lipinski definition) is 1. The number of hydrogen-bond donors (Lipinski definition) is 1. The predicted molar refractivity (Wildman–Crippen MR) is 80.9 cm³/mol. The molecule has 0 spiro atoms. The van der Waals surface area contributed by atoms with Crippen molar-refractivity contribution in [2.75, 3.05) is 13.1 Å². The summed E-state index contributed by atoms with van der Waals surface area (Å²) >= 11 is 0. The Labute approximate surface area is 117 Å². The van der Waals surface area contributed by atoms with Gasteiger partial charge in [0.2, 0.25) is 0 Å². The van der Waals surface area contributed by atoms with Crippen LogP contribution in [0.15, 0.2) is 24.3 Å². The van der Waals surface area contributed by atoms with E-state index < -0.39 is 0 Å². The van der Waals surface area contributed by atoms with Gasteiger partial charge in [-0.05, 0) is 48.4 Å². The second-order valence-corrected chi connectivity index (χ2v) is 6.27. The van der Waals surface area contributed by atoms with Gasteiger partial charge in [0.1, 0.15) is 5.82 Å². The molecular weight excluding hydrogens is 237 g/mol. The van der Waals surface area contributed by atoms with E-state index in [9.17, 15) is 4.39 Å².